The van der Waals surface area contributed by atoms with Crippen LogP contribution in [0.1, 0.15) is 63.5 Å². The molecule has 3 nitrogen and oxygen atoms in total. The molecule has 0 spiro atoms. The van der Waals surface area contributed by atoms with Gasteiger partial charge in [0.15, 0.2) is 0 Å². The van der Waals surface area contributed by atoms with Crippen LogP contribution >= 0.6 is 0 Å². The number of rotatable bonds is 4. The molecule has 3 N–H and O–H groups in total. The second kappa shape index (κ2) is 7.08. The fourth-order valence-electron chi connectivity index (χ4n) is 2.94. The molecule has 1 amide bonds. The standard InChI is InChI=1S/C18H28N2O/c1-18(2,19)15-11-9-14(10-12-15)13-17(21)20-16-7-5-3-4-6-8-16/h9-12,16H,3-8,13,19H2,1-2H3,(H,20,21). The van der Waals surface area contributed by atoms with Crippen LogP contribution in [0.4, 0.5) is 0 Å². The van der Waals surface area contributed by atoms with Gasteiger partial charge in [0.05, 0.1) is 6.42 Å². The Kier molecular flexibility index (Phi) is 5.40. The van der Waals surface area contributed by atoms with E-state index in [1.165, 1.54) is 25.7 Å². The number of nitrogens with two attached hydrogens (primary N) is 1. The van der Waals surface area contributed by atoms with Crippen LogP contribution in [0.25, 0.3) is 0 Å². The van der Waals surface area contributed by atoms with Crippen LogP contribution in [0.2, 0.25) is 0 Å². The number of hydrogen-bond donors (Lipinski definition) is 2. The molecule has 1 aromatic carbocycles. The van der Waals surface area contributed by atoms with E-state index in [9.17, 15) is 4.79 Å². The molecule has 0 aromatic heterocycles. The Bertz CT molecular complexity index is 451. The van der Waals surface area contributed by atoms with E-state index in [0.29, 0.717) is 12.5 Å². The Morgan fingerprint density at radius 3 is 2.24 bits per heavy atom. The number of nitrogens with one attached hydrogen (secondary N) is 1. The van der Waals surface area contributed by atoms with E-state index in [1.54, 1.807) is 0 Å². The Morgan fingerprint density at radius 1 is 1.14 bits per heavy atom. The number of benzene rings is 1. The summed E-state index contributed by atoms with van der Waals surface area (Å²) in [7, 11) is 0. The van der Waals surface area contributed by atoms with Crippen LogP contribution in [0.5, 0.6) is 0 Å². The third-order valence-electron chi connectivity index (χ3n) is 4.28. The van der Waals surface area contributed by atoms with Crippen molar-refractivity contribution in [1.29, 1.82) is 0 Å². The van der Waals surface area contributed by atoms with Gasteiger partial charge in [-0.25, -0.2) is 0 Å². The van der Waals surface area contributed by atoms with Gasteiger partial charge in [0.1, 0.15) is 0 Å². The summed E-state index contributed by atoms with van der Waals surface area (Å²) in [6.45, 7) is 3.97. The summed E-state index contributed by atoms with van der Waals surface area (Å²) in [4.78, 5) is 12.1. The first kappa shape index (κ1) is 16.0. The lowest BCUT2D eigenvalue weighted by atomic mass is 9.94. The SMILES string of the molecule is CC(C)(N)c1ccc(CC(=O)NC2CCCCCC2)cc1. The van der Waals surface area contributed by atoms with E-state index in [4.69, 9.17) is 5.73 Å². The zero-order valence-corrected chi connectivity index (χ0v) is 13.3. The van der Waals surface area contributed by atoms with E-state index in [0.717, 1.165) is 24.0 Å². The van der Waals surface area contributed by atoms with Gasteiger partial charge in [0.2, 0.25) is 5.91 Å². The van der Waals surface area contributed by atoms with Crippen molar-refractivity contribution in [2.75, 3.05) is 0 Å². The number of carbonyl (C=O) groups is 1. The topological polar surface area (TPSA) is 55.1 Å². The van der Waals surface area contributed by atoms with Crippen molar-refractivity contribution in [1.82, 2.24) is 5.32 Å². The minimum Gasteiger partial charge on any atom is -0.353 e. The summed E-state index contributed by atoms with van der Waals surface area (Å²) in [5.41, 5.74) is 7.88. The molecule has 0 atom stereocenters. The summed E-state index contributed by atoms with van der Waals surface area (Å²) in [5.74, 6) is 0.140. The largest absolute Gasteiger partial charge is 0.353 e. The normalized spacial score (nSPS) is 17.3. The molecule has 0 unspecified atom stereocenters. The Morgan fingerprint density at radius 2 is 1.71 bits per heavy atom. The molecule has 3 heteroatoms. The van der Waals surface area contributed by atoms with Gasteiger partial charge in [-0.05, 0) is 37.8 Å². The predicted octanol–water partition coefficient (Wildman–Crippen LogP) is 3.26. The highest BCUT2D eigenvalue weighted by atomic mass is 16.1. The minimum atomic E-state index is -0.332. The smallest absolute Gasteiger partial charge is 0.224 e. The van der Waals surface area contributed by atoms with E-state index < -0.39 is 0 Å². The molecular weight excluding hydrogens is 260 g/mol. The van der Waals surface area contributed by atoms with Crippen LogP contribution in [0.15, 0.2) is 24.3 Å². The van der Waals surface area contributed by atoms with E-state index >= 15 is 0 Å². The quantitative estimate of drug-likeness (QED) is 0.836. The lowest BCUT2D eigenvalue weighted by molar-refractivity contribution is -0.121. The molecule has 21 heavy (non-hydrogen) atoms. The van der Waals surface area contributed by atoms with Crippen molar-refractivity contribution in [3.05, 3.63) is 35.4 Å². The molecule has 1 aliphatic rings. The van der Waals surface area contributed by atoms with Crippen molar-refractivity contribution in [2.45, 2.75) is 70.4 Å². The average Bonchev–Trinajstić information content (AvgIpc) is 2.67. The van der Waals surface area contributed by atoms with Gasteiger partial charge in [-0.2, -0.15) is 0 Å². The molecule has 1 aromatic rings. The van der Waals surface area contributed by atoms with E-state index in [2.05, 4.69) is 5.32 Å². The first-order valence-electron chi connectivity index (χ1n) is 8.13. The maximum atomic E-state index is 12.1. The van der Waals surface area contributed by atoms with Gasteiger partial charge in [-0.15, -0.1) is 0 Å². The summed E-state index contributed by atoms with van der Waals surface area (Å²) >= 11 is 0. The van der Waals surface area contributed by atoms with Crippen molar-refractivity contribution in [3.63, 3.8) is 0 Å². The third kappa shape index (κ3) is 5.16. The second-order valence-electron chi connectivity index (χ2n) is 6.85. The molecule has 0 radical (unpaired) electrons. The fraction of sp³-hybridized carbons (Fsp3) is 0.611. The predicted molar refractivity (Wildman–Crippen MR) is 87.0 cm³/mol. The highest BCUT2D eigenvalue weighted by Gasteiger charge is 2.16. The first-order chi connectivity index (χ1) is 9.95. The van der Waals surface area contributed by atoms with Crippen LogP contribution in [-0.4, -0.2) is 11.9 Å². The first-order valence-corrected chi connectivity index (χ1v) is 8.13. The highest BCUT2D eigenvalue weighted by molar-refractivity contribution is 5.78. The highest BCUT2D eigenvalue weighted by Crippen LogP contribution is 2.19. The van der Waals surface area contributed by atoms with Crippen molar-refractivity contribution in [3.8, 4) is 0 Å². The Balaban J connectivity index is 1.87. The second-order valence-corrected chi connectivity index (χ2v) is 6.85. The van der Waals surface area contributed by atoms with Gasteiger partial charge in [0, 0.05) is 11.6 Å². The van der Waals surface area contributed by atoms with Crippen molar-refractivity contribution >= 4 is 5.91 Å². The fourth-order valence-corrected chi connectivity index (χ4v) is 2.94. The van der Waals surface area contributed by atoms with Crippen LogP contribution in [0.3, 0.4) is 0 Å². The Labute approximate surface area is 128 Å². The van der Waals surface area contributed by atoms with Crippen molar-refractivity contribution in [2.24, 2.45) is 5.73 Å². The van der Waals surface area contributed by atoms with Crippen LogP contribution < -0.4 is 11.1 Å². The van der Waals surface area contributed by atoms with E-state index in [1.807, 2.05) is 38.1 Å². The number of hydrogen-bond acceptors (Lipinski definition) is 2. The maximum Gasteiger partial charge on any atom is 0.224 e. The molecule has 116 valence electrons. The molecule has 0 saturated heterocycles. The molecule has 0 bridgehead atoms. The third-order valence-corrected chi connectivity index (χ3v) is 4.28. The monoisotopic (exact) mass is 288 g/mol. The summed E-state index contributed by atoms with van der Waals surface area (Å²) in [6.07, 6.45) is 7.82. The maximum absolute atomic E-state index is 12.1. The lowest BCUT2D eigenvalue weighted by Crippen LogP contribution is -2.35. The molecular formula is C18H28N2O. The number of amides is 1. The van der Waals surface area contributed by atoms with Gasteiger partial charge in [-0.3, -0.25) is 4.79 Å². The number of carbonyl (C=O) groups excluding carboxylic acids is 1. The molecule has 0 heterocycles. The molecule has 1 fully saturated rings. The Hall–Kier alpha value is -1.35. The van der Waals surface area contributed by atoms with Gasteiger partial charge >= 0.3 is 0 Å². The van der Waals surface area contributed by atoms with Crippen LogP contribution in [0, 0.1) is 0 Å². The molecule has 2 rings (SSSR count). The summed E-state index contributed by atoms with van der Waals surface area (Å²) < 4.78 is 0. The van der Waals surface area contributed by atoms with Gasteiger partial charge < -0.3 is 11.1 Å². The molecule has 1 aliphatic carbocycles. The lowest BCUT2D eigenvalue weighted by Gasteiger charge is -2.19. The zero-order valence-electron chi connectivity index (χ0n) is 13.3. The van der Waals surface area contributed by atoms with Gasteiger partial charge in [-0.1, -0.05) is 49.9 Å². The average molecular weight is 288 g/mol. The molecule has 1 saturated carbocycles. The van der Waals surface area contributed by atoms with Crippen molar-refractivity contribution < 1.29 is 4.79 Å². The van der Waals surface area contributed by atoms with Crippen LogP contribution in [-0.2, 0) is 16.8 Å². The molecule has 0 aliphatic heterocycles. The summed E-state index contributed by atoms with van der Waals surface area (Å²) in [6, 6.07) is 8.44. The van der Waals surface area contributed by atoms with E-state index in [-0.39, 0.29) is 11.4 Å². The van der Waals surface area contributed by atoms with Gasteiger partial charge in [0.25, 0.3) is 0 Å². The summed E-state index contributed by atoms with van der Waals surface area (Å²) in [5, 5.41) is 3.19. The minimum absolute atomic E-state index is 0.140. The zero-order chi connectivity index (χ0) is 15.3.